The maximum atomic E-state index is 12.2. The molecule has 1 aromatic heterocycles. The number of amides is 1. The molecule has 3 aromatic rings. The number of nitrogens with one attached hydrogen (secondary N) is 1. The van der Waals surface area contributed by atoms with E-state index in [1.165, 1.54) is 0 Å². The van der Waals surface area contributed by atoms with E-state index in [1.54, 1.807) is 38.1 Å². The molecule has 0 spiro atoms. The molecule has 0 aliphatic heterocycles. The van der Waals surface area contributed by atoms with E-state index in [0.717, 1.165) is 15.4 Å². The van der Waals surface area contributed by atoms with Crippen LogP contribution in [0.3, 0.4) is 0 Å². The molecule has 0 unspecified atom stereocenters. The van der Waals surface area contributed by atoms with Crippen LogP contribution < -0.4 is 5.43 Å². The van der Waals surface area contributed by atoms with Crippen molar-refractivity contribution in [3.05, 3.63) is 62.8 Å². The van der Waals surface area contributed by atoms with Gasteiger partial charge in [-0.2, -0.15) is 5.10 Å². The topological polar surface area (TPSA) is 74.8 Å². The molecule has 1 amide bonds. The summed E-state index contributed by atoms with van der Waals surface area (Å²) in [5.41, 5.74) is 4.66. The molecule has 2 N–H and O–H groups in total. The van der Waals surface area contributed by atoms with Crippen LogP contribution in [-0.4, -0.2) is 16.7 Å². The van der Waals surface area contributed by atoms with E-state index in [-0.39, 0.29) is 11.5 Å². The van der Waals surface area contributed by atoms with Gasteiger partial charge in [-0.15, -0.1) is 0 Å². The van der Waals surface area contributed by atoms with Crippen LogP contribution in [0.5, 0.6) is 5.75 Å². The number of carbonyl (C=O) groups excluding carboxylic acids is 1. The van der Waals surface area contributed by atoms with Gasteiger partial charge >= 0.3 is 5.91 Å². The predicted octanol–water partition coefficient (Wildman–Crippen LogP) is 5.02. The lowest BCUT2D eigenvalue weighted by atomic mass is 10.1. The largest absolute Gasteiger partial charge is 0.507 e. The van der Waals surface area contributed by atoms with E-state index in [9.17, 15) is 9.90 Å². The second-order valence-corrected chi connectivity index (χ2v) is 6.87. The molecule has 3 rings (SSSR count). The zero-order chi connectivity index (χ0) is 18.1. The molecular weight excluding hydrogens is 408 g/mol. The molecule has 0 saturated carbocycles. The summed E-state index contributed by atoms with van der Waals surface area (Å²) >= 11 is 9.45. The molecule has 0 bridgehead atoms. The summed E-state index contributed by atoms with van der Waals surface area (Å²) in [7, 11) is 0. The Morgan fingerprint density at radius 1 is 1.28 bits per heavy atom. The number of hydrogen-bond donors (Lipinski definition) is 2. The van der Waals surface area contributed by atoms with Crippen molar-refractivity contribution in [1.82, 2.24) is 5.43 Å². The molecule has 128 valence electrons. The molecular formula is C18H14BrClN2O3. The monoisotopic (exact) mass is 420 g/mol. The summed E-state index contributed by atoms with van der Waals surface area (Å²) in [5, 5.41) is 15.4. The molecule has 25 heavy (non-hydrogen) atoms. The van der Waals surface area contributed by atoms with Crippen LogP contribution in [0.1, 0.15) is 28.6 Å². The van der Waals surface area contributed by atoms with Crippen LogP contribution in [0.15, 0.2) is 50.4 Å². The van der Waals surface area contributed by atoms with Gasteiger partial charge in [0.1, 0.15) is 11.3 Å². The number of hydrazone groups is 1. The Labute approximate surface area is 157 Å². The maximum absolute atomic E-state index is 12.2. The average Bonchev–Trinajstić information content (AvgIpc) is 2.98. The van der Waals surface area contributed by atoms with Gasteiger partial charge in [0.25, 0.3) is 0 Å². The van der Waals surface area contributed by atoms with Gasteiger partial charge in [-0.3, -0.25) is 4.79 Å². The third-order valence-electron chi connectivity index (χ3n) is 3.69. The van der Waals surface area contributed by atoms with Gasteiger partial charge in [0, 0.05) is 20.4 Å². The highest BCUT2D eigenvalue weighted by atomic mass is 79.9. The maximum Gasteiger partial charge on any atom is 0.307 e. The van der Waals surface area contributed by atoms with E-state index in [2.05, 4.69) is 26.5 Å². The number of halogens is 2. The lowest BCUT2D eigenvalue weighted by molar-refractivity contribution is 0.0929. The number of fused-ring (bicyclic) bond motifs is 1. The number of carbonyl (C=O) groups is 1. The second kappa shape index (κ2) is 6.90. The molecule has 0 fully saturated rings. The van der Waals surface area contributed by atoms with Gasteiger partial charge in [-0.25, -0.2) is 5.43 Å². The Morgan fingerprint density at radius 3 is 2.80 bits per heavy atom. The number of nitrogens with zero attached hydrogens (tertiary/aromatic N) is 1. The first-order valence-electron chi connectivity index (χ1n) is 7.38. The highest BCUT2D eigenvalue weighted by Gasteiger charge is 2.13. The fourth-order valence-corrected chi connectivity index (χ4v) is 2.87. The van der Waals surface area contributed by atoms with Crippen molar-refractivity contribution in [1.29, 1.82) is 0 Å². The molecule has 0 aliphatic rings. The first kappa shape index (κ1) is 17.5. The fraction of sp³-hybridized carbons (Fsp3) is 0.111. The van der Waals surface area contributed by atoms with E-state index < -0.39 is 5.91 Å². The number of aromatic hydroxyl groups is 1. The first-order chi connectivity index (χ1) is 11.8. The second-order valence-electron chi connectivity index (χ2n) is 5.55. The van der Waals surface area contributed by atoms with Crippen LogP contribution in [0.4, 0.5) is 0 Å². The number of furan rings is 1. The van der Waals surface area contributed by atoms with Crippen molar-refractivity contribution < 1.29 is 14.3 Å². The fourth-order valence-electron chi connectivity index (χ4n) is 2.33. The molecule has 0 saturated heterocycles. The van der Waals surface area contributed by atoms with E-state index in [1.807, 2.05) is 12.1 Å². The summed E-state index contributed by atoms with van der Waals surface area (Å²) in [4.78, 5) is 12.2. The molecule has 7 heteroatoms. The van der Waals surface area contributed by atoms with Gasteiger partial charge in [-0.1, -0.05) is 27.5 Å². The Kier molecular flexibility index (Phi) is 4.83. The summed E-state index contributed by atoms with van der Waals surface area (Å²) in [6.07, 6.45) is 0. The lowest BCUT2D eigenvalue weighted by Crippen LogP contribution is -2.18. The molecule has 0 atom stereocenters. The zero-order valence-corrected chi connectivity index (χ0v) is 15.8. The van der Waals surface area contributed by atoms with Crippen molar-refractivity contribution in [3.63, 3.8) is 0 Å². The standard InChI is InChI=1S/C18H14BrClN2O3/c1-9-5-15(23)13(8-14(9)20)10(2)21-22-18(24)17-7-11-6-12(19)3-4-16(11)25-17/h3-8,23H,1-2H3,(H,22,24)/b21-10+. The SMILES string of the molecule is C/C(=N\NC(=O)c1cc2cc(Br)ccc2o1)c1cc(Cl)c(C)cc1O. The summed E-state index contributed by atoms with van der Waals surface area (Å²) in [5.74, 6) is -0.286. The Hall–Kier alpha value is -2.31. The third-order valence-corrected chi connectivity index (χ3v) is 4.59. The van der Waals surface area contributed by atoms with E-state index in [0.29, 0.717) is 21.9 Å². The molecule has 5 nitrogen and oxygen atoms in total. The van der Waals surface area contributed by atoms with E-state index >= 15 is 0 Å². The lowest BCUT2D eigenvalue weighted by Gasteiger charge is -2.07. The van der Waals surface area contributed by atoms with Crippen molar-refractivity contribution >= 4 is 50.1 Å². The first-order valence-corrected chi connectivity index (χ1v) is 8.55. The third kappa shape index (κ3) is 3.70. The minimum absolute atomic E-state index is 0.0472. The number of phenols is 1. The highest BCUT2D eigenvalue weighted by molar-refractivity contribution is 9.10. The van der Waals surface area contributed by atoms with Gasteiger partial charge in [0.05, 0.1) is 5.71 Å². The zero-order valence-electron chi connectivity index (χ0n) is 13.4. The summed E-state index contributed by atoms with van der Waals surface area (Å²) < 4.78 is 6.41. The average molecular weight is 422 g/mol. The number of rotatable bonds is 3. The molecule has 2 aromatic carbocycles. The number of hydrogen-bond acceptors (Lipinski definition) is 4. The van der Waals surface area contributed by atoms with Crippen molar-refractivity contribution in [3.8, 4) is 5.75 Å². The van der Waals surface area contributed by atoms with Gasteiger partial charge in [0.2, 0.25) is 0 Å². The number of phenolic OH excluding ortho intramolecular Hbond substituents is 1. The molecule has 0 radical (unpaired) electrons. The van der Waals surface area contributed by atoms with Crippen LogP contribution in [0, 0.1) is 6.92 Å². The van der Waals surface area contributed by atoms with Crippen LogP contribution >= 0.6 is 27.5 Å². The highest BCUT2D eigenvalue weighted by Crippen LogP contribution is 2.26. The van der Waals surface area contributed by atoms with E-state index in [4.69, 9.17) is 16.0 Å². The minimum Gasteiger partial charge on any atom is -0.507 e. The molecule has 1 heterocycles. The Bertz CT molecular complexity index is 1010. The normalized spacial score (nSPS) is 11.8. The van der Waals surface area contributed by atoms with Gasteiger partial charge < -0.3 is 9.52 Å². The Balaban J connectivity index is 1.82. The van der Waals surface area contributed by atoms with Crippen molar-refractivity contribution in [2.75, 3.05) is 0 Å². The van der Waals surface area contributed by atoms with Crippen molar-refractivity contribution in [2.24, 2.45) is 5.10 Å². The predicted molar refractivity (Wildman–Crippen MR) is 101 cm³/mol. The van der Waals surface area contributed by atoms with Crippen molar-refractivity contribution in [2.45, 2.75) is 13.8 Å². The minimum atomic E-state index is -0.482. The van der Waals surface area contributed by atoms with Crippen LogP contribution in [0.25, 0.3) is 11.0 Å². The number of aryl methyl sites for hydroxylation is 1. The van der Waals surface area contributed by atoms with Gasteiger partial charge in [0.15, 0.2) is 5.76 Å². The van der Waals surface area contributed by atoms with Crippen LogP contribution in [0.2, 0.25) is 5.02 Å². The van der Waals surface area contributed by atoms with Crippen LogP contribution in [-0.2, 0) is 0 Å². The smallest absolute Gasteiger partial charge is 0.307 e. The van der Waals surface area contributed by atoms with Gasteiger partial charge in [-0.05, 0) is 55.8 Å². The quantitative estimate of drug-likeness (QED) is 0.461. The Morgan fingerprint density at radius 2 is 2.04 bits per heavy atom. The number of benzene rings is 2. The molecule has 0 aliphatic carbocycles. The summed E-state index contributed by atoms with van der Waals surface area (Å²) in [6.45, 7) is 3.46. The summed E-state index contributed by atoms with van der Waals surface area (Å²) in [6, 6.07) is 10.3.